The van der Waals surface area contributed by atoms with Crippen LogP contribution in [0.15, 0.2) is 48.9 Å². The molecule has 2 N–H and O–H groups in total. The first-order valence-corrected chi connectivity index (χ1v) is 6.15. The number of carbonyl (C=O) groups is 1. The van der Waals surface area contributed by atoms with Gasteiger partial charge >= 0.3 is 0 Å². The van der Waals surface area contributed by atoms with E-state index in [2.05, 4.69) is 20.6 Å². The topological polar surface area (TPSA) is 66.9 Å². The standard InChI is InChI=1S/C14H16N4O/c19-14(12-4-3-6-15-10-12)18-9-8-16-11-13-5-1-2-7-17-13/h1-7,10,16H,8-9,11H2,(H,18,19). The van der Waals surface area contributed by atoms with Crippen LogP contribution in [-0.2, 0) is 6.54 Å². The van der Waals surface area contributed by atoms with Crippen molar-refractivity contribution in [1.29, 1.82) is 0 Å². The van der Waals surface area contributed by atoms with Crippen LogP contribution in [0.5, 0.6) is 0 Å². The molecule has 0 saturated heterocycles. The van der Waals surface area contributed by atoms with Crippen molar-refractivity contribution in [2.75, 3.05) is 13.1 Å². The van der Waals surface area contributed by atoms with Crippen LogP contribution in [-0.4, -0.2) is 29.0 Å². The lowest BCUT2D eigenvalue weighted by Gasteiger charge is -2.06. The zero-order valence-corrected chi connectivity index (χ0v) is 10.5. The van der Waals surface area contributed by atoms with Crippen molar-refractivity contribution < 1.29 is 4.79 Å². The molecule has 5 heteroatoms. The second-order valence-electron chi connectivity index (χ2n) is 4.00. The van der Waals surface area contributed by atoms with Gasteiger partial charge in [0.15, 0.2) is 0 Å². The molecule has 2 heterocycles. The van der Waals surface area contributed by atoms with Crippen LogP contribution in [0.4, 0.5) is 0 Å². The molecule has 5 nitrogen and oxygen atoms in total. The molecule has 0 radical (unpaired) electrons. The molecule has 0 aromatic carbocycles. The van der Waals surface area contributed by atoms with Gasteiger partial charge in [-0.2, -0.15) is 0 Å². The van der Waals surface area contributed by atoms with E-state index in [-0.39, 0.29) is 5.91 Å². The Labute approximate surface area is 112 Å². The number of amides is 1. The van der Waals surface area contributed by atoms with Crippen molar-refractivity contribution >= 4 is 5.91 Å². The molecule has 1 amide bonds. The largest absolute Gasteiger partial charge is 0.351 e. The van der Waals surface area contributed by atoms with Crippen molar-refractivity contribution in [2.45, 2.75) is 6.54 Å². The molecule has 0 atom stereocenters. The Morgan fingerprint density at radius 1 is 1.11 bits per heavy atom. The molecule has 0 saturated carbocycles. The Morgan fingerprint density at radius 2 is 2.05 bits per heavy atom. The first-order chi connectivity index (χ1) is 9.36. The highest BCUT2D eigenvalue weighted by molar-refractivity contribution is 5.93. The molecular formula is C14H16N4O. The SMILES string of the molecule is O=C(NCCNCc1ccccn1)c1cccnc1. The fourth-order valence-electron chi connectivity index (χ4n) is 1.58. The Bertz CT molecular complexity index is 501. The summed E-state index contributed by atoms with van der Waals surface area (Å²) in [6.07, 6.45) is 4.96. The van der Waals surface area contributed by atoms with Gasteiger partial charge in [-0.05, 0) is 24.3 Å². The third-order valence-electron chi connectivity index (χ3n) is 2.54. The summed E-state index contributed by atoms with van der Waals surface area (Å²) in [5, 5.41) is 6.04. The number of nitrogens with one attached hydrogen (secondary N) is 2. The summed E-state index contributed by atoms with van der Waals surface area (Å²) < 4.78 is 0. The maximum atomic E-state index is 11.7. The molecule has 0 unspecified atom stereocenters. The lowest BCUT2D eigenvalue weighted by Crippen LogP contribution is -2.31. The molecule has 0 aliphatic heterocycles. The Morgan fingerprint density at radius 3 is 2.79 bits per heavy atom. The van der Waals surface area contributed by atoms with E-state index < -0.39 is 0 Å². The highest BCUT2D eigenvalue weighted by Gasteiger charge is 2.03. The molecular weight excluding hydrogens is 240 g/mol. The quantitative estimate of drug-likeness (QED) is 0.757. The average molecular weight is 256 g/mol. The monoisotopic (exact) mass is 256 g/mol. The van der Waals surface area contributed by atoms with Crippen molar-refractivity contribution in [3.05, 3.63) is 60.2 Å². The summed E-state index contributed by atoms with van der Waals surface area (Å²) in [7, 11) is 0. The van der Waals surface area contributed by atoms with Crippen molar-refractivity contribution in [3.63, 3.8) is 0 Å². The van der Waals surface area contributed by atoms with E-state index in [1.165, 1.54) is 0 Å². The van der Waals surface area contributed by atoms with E-state index >= 15 is 0 Å². The van der Waals surface area contributed by atoms with Crippen LogP contribution in [0.1, 0.15) is 16.1 Å². The summed E-state index contributed by atoms with van der Waals surface area (Å²) in [4.78, 5) is 19.8. The van der Waals surface area contributed by atoms with Crippen LogP contribution >= 0.6 is 0 Å². The molecule has 2 aromatic heterocycles. The van der Waals surface area contributed by atoms with Crippen LogP contribution in [0.3, 0.4) is 0 Å². The third kappa shape index (κ3) is 4.48. The number of nitrogens with zero attached hydrogens (tertiary/aromatic N) is 2. The maximum absolute atomic E-state index is 11.7. The van der Waals surface area contributed by atoms with Crippen LogP contribution in [0, 0.1) is 0 Å². The maximum Gasteiger partial charge on any atom is 0.252 e. The zero-order chi connectivity index (χ0) is 13.3. The molecule has 0 aliphatic rings. The normalized spacial score (nSPS) is 10.1. The number of carbonyl (C=O) groups excluding carboxylic acids is 1. The van der Waals surface area contributed by atoms with E-state index in [1.807, 2.05) is 18.2 Å². The van der Waals surface area contributed by atoms with Gasteiger partial charge in [0.25, 0.3) is 5.91 Å². The number of rotatable bonds is 6. The fourth-order valence-corrected chi connectivity index (χ4v) is 1.58. The van der Waals surface area contributed by atoms with Gasteiger partial charge < -0.3 is 10.6 Å². The van der Waals surface area contributed by atoms with E-state index in [4.69, 9.17) is 0 Å². The highest BCUT2D eigenvalue weighted by Crippen LogP contribution is 1.94. The summed E-state index contributed by atoms with van der Waals surface area (Å²) >= 11 is 0. The lowest BCUT2D eigenvalue weighted by atomic mass is 10.3. The fraction of sp³-hybridized carbons (Fsp3) is 0.214. The second kappa shape index (κ2) is 7.23. The van der Waals surface area contributed by atoms with Crippen molar-refractivity contribution in [3.8, 4) is 0 Å². The summed E-state index contributed by atoms with van der Waals surface area (Å²) in [6, 6.07) is 9.28. The minimum atomic E-state index is -0.104. The van der Waals surface area contributed by atoms with Gasteiger partial charge in [0.05, 0.1) is 11.3 Å². The van der Waals surface area contributed by atoms with Gasteiger partial charge in [-0.15, -0.1) is 0 Å². The highest BCUT2D eigenvalue weighted by atomic mass is 16.1. The van der Waals surface area contributed by atoms with Gasteiger partial charge in [0.1, 0.15) is 0 Å². The average Bonchev–Trinajstić information content (AvgIpc) is 2.49. The van der Waals surface area contributed by atoms with Gasteiger partial charge in [-0.3, -0.25) is 14.8 Å². The van der Waals surface area contributed by atoms with E-state index in [0.29, 0.717) is 25.2 Å². The van der Waals surface area contributed by atoms with Crippen molar-refractivity contribution in [1.82, 2.24) is 20.6 Å². The number of hydrogen-bond acceptors (Lipinski definition) is 4. The number of aromatic nitrogens is 2. The first-order valence-electron chi connectivity index (χ1n) is 6.15. The summed E-state index contributed by atoms with van der Waals surface area (Å²) in [5.41, 5.74) is 1.56. The number of pyridine rings is 2. The summed E-state index contributed by atoms with van der Waals surface area (Å²) in [6.45, 7) is 1.97. The van der Waals surface area contributed by atoms with Crippen LogP contribution in [0.25, 0.3) is 0 Å². The molecule has 98 valence electrons. The third-order valence-corrected chi connectivity index (χ3v) is 2.54. The second-order valence-corrected chi connectivity index (χ2v) is 4.00. The first kappa shape index (κ1) is 13.2. The zero-order valence-electron chi connectivity index (χ0n) is 10.5. The van der Waals surface area contributed by atoms with E-state index in [0.717, 1.165) is 5.69 Å². The predicted octanol–water partition coefficient (Wildman–Crippen LogP) is 0.996. The predicted molar refractivity (Wildman–Crippen MR) is 72.5 cm³/mol. The van der Waals surface area contributed by atoms with Crippen LogP contribution < -0.4 is 10.6 Å². The van der Waals surface area contributed by atoms with Crippen LogP contribution in [0.2, 0.25) is 0 Å². The molecule has 0 fully saturated rings. The number of hydrogen-bond donors (Lipinski definition) is 2. The van der Waals surface area contributed by atoms with Gasteiger partial charge in [-0.25, -0.2) is 0 Å². The molecule has 2 rings (SSSR count). The molecule has 0 bridgehead atoms. The van der Waals surface area contributed by atoms with Gasteiger partial charge in [-0.1, -0.05) is 6.07 Å². The minimum Gasteiger partial charge on any atom is -0.351 e. The molecule has 0 aliphatic carbocycles. The Balaban J connectivity index is 1.63. The van der Waals surface area contributed by atoms with E-state index in [1.54, 1.807) is 30.7 Å². The summed E-state index contributed by atoms with van der Waals surface area (Å²) in [5.74, 6) is -0.104. The molecule has 2 aromatic rings. The Hall–Kier alpha value is -2.27. The molecule has 19 heavy (non-hydrogen) atoms. The van der Waals surface area contributed by atoms with E-state index in [9.17, 15) is 4.79 Å². The van der Waals surface area contributed by atoms with Crippen molar-refractivity contribution in [2.24, 2.45) is 0 Å². The van der Waals surface area contributed by atoms with Gasteiger partial charge in [0.2, 0.25) is 0 Å². The Kier molecular flexibility index (Phi) is 5.01. The lowest BCUT2D eigenvalue weighted by molar-refractivity contribution is 0.0953. The minimum absolute atomic E-state index is 0.104. The smallest absolute Gasteiger partial charge is 0.252 e. The van der Waals surface area contributed by atoms with Gasteiger partial charge in [0, 0.05) is 38.2 Å². The molecule has 0 spiro atoms.